The van der Waals surface area contributed by atoms with Crippen molar-refractivity contribution in [1.82, 2.24) is 24.4 Å². The largest absolute Gasteiger partial charge is 0.459 e. The van der Waals surface area contributed by atoms with Crippen molar-refractivity contribution in [2.75, 3.05) is 68.0 Å². The minimum absolute atomic E-state index is 0.0847. The van der Waals surface area contributed by atoms with E-state index in [1.165, 1.54) is 10.8 Å². The molecule has 0 radical (unpaired) electrons. The van der Waals surface area contributed by atoms with Gasteiger partial charge in [0, 0.05) is 45.3 Å². The molecule has 0 bridgehead atoms. The molecule has 2 aliphatic rings. The number of nitrogen functional groups attached to an aromatic ring is 1. The third-order valence-electron chi connectivity index (χ3n) is 6.78. The van der Waals surface area contributed by atoms with Gasteiger partial charge in [0.2, 0.25) is 5.95 Å². The van der Waals surface area contributed by atoms with Gasteiger partial charge >= 0.3 is 0 Å². The molecule has 2 aliphatic heterocycles. The number of anilines is 3. The van der Waals surface area contributed by atoms with Gasteiger partial charge in [-0.3, -0.25) is 9.36 Å². The van der Waals surface area contributed by atoms with E-state index in [4.69, 9.17) is 24.9 Å². The van der Waals surface area contributed by atoms with Crippen LogP contribution in [0.25, 0.3) is 17.0 Å². The van der Waals surface area contributed by atoms with Crippen LogP contribution >= 0.6 is 0 Å². The average Bonchev–Trinajstić information content (AvgIpc) is 3.63. The van der Waals surface area contributed by atoms with Crippen molar-refractivity contribution < 1.29 is 22.7 Å². The molecule has 2 N–H and O–H groups in total. The van der Waals surface area contributed by atoms with Gasteiger partial charge in [-0.2, -0.15) is 9.97 Å². The van der Waals surface area contributed by atoms with Crippen molar-refractivity contribution in [3.63, 3.8) is 0 Å². The molecule has 0 spiro atoms. The van der Waals surface area contributed by atoms with Crippen LogP contribution in [0, 0.1) is 0 Å². The van der Waals surface area contributed by atoms with Crippen LogP contribution in [0.4, 0.5) is 26.1 Å². The van der Waals surface area contributed by atoms with Crippen LogP contribution in [0.5, 0.6) is 0 Å². The Morgan fingerprint density at radius 3 is 2.29 bits per heavy atom. The minimum atomic E-state index is -2.86. The van der Waals surface area contributed by atoms with Gasteiger partial charge in [0.05, 0.1) is 30.7 Å². The zero-order valence-corrected chi connectivity index (χ0v) is 20.5. The number of benzene rings is 1. The number of halogens is 2. The van der Waals surface area contributed by atoms with Crippen LogP contribution in [0.15, 0.2) is 47.1 Å². The zero-order valence-electron chi connectivity index (χ0n) is 20.5. The van der Waals surface area contributed by atoms with Crippen LogP contribution < -0.4 is 15.5 Å². The van der Waals surface area contributed by atoms with E-state index in [-0.39, 0.29) is 17.4 Å². The third kappa shape index (κ3) is 4.38. The molecule has 198 valence electrons. The summed E-state index contributed by atoms with van der Waals surface area (Å²) in [5.74, 6) is 0.915. The van der Waals surface area contributed by atoms with Crippen LogP contribution in [-0.2, 0) is 4.74 Å². The number of rotatable bonds is 5. The summed E-state index contributed by atoms with van der Waals surface area (Å²) in [7, 11) is 0. The number of hydrogen-bond donors (Lipinski definition) is 1. The molecule has 38 heavy (non-hydrogen) atoms. The molecule has 1 aromatic carbocycles. The van der Waals surface area contributed by atoms with Crippen LogP contribution in [-0.4, -0.2) is 82.8 Å². The van der Waals surface area contributed by atoms with E-state index in [1.807, 2.05) is 15.9 Å². The Hall–Kier alpha value is -4.26. The molecular formula is C25H26F2N8O3. The summed E-state index contributed by atoms with van der Waals surface area (Å²) in [5, 5.41) is 0. The highest BCUT2D eigenvalue weighted by molar-refractivity contribution is 5.91. The Labute approximate surface area is 216 Å². The Bertz CT molecular complexity index is 1440. The lowest BCUT2D eigenvalue weighted by molar-refractivity contribution is 0.0714. The predicted molar refractivity (Wildman–Crippen MR) is 136 cm³/mol. The van der Waals surface area contributed by atoms with Crippen molar-refractivity contribution in [3.8, 4) is 5.95 Å². The Kier molecular flexibility index (Phi) is 6.27. The number of piperazine rings is 1. The van der Waals surface area contributed by atoms with Gasteiger partial charge in [0.1, 0.15) is 17.2 Å². The third-order valence-corrected chi connectivity index (χ3v) is 6.78. The first kappa shape index (κ1) is 24.1. The van der Waals surface area contributed by atoms with Crippen LogP contribution in [0.1, 0.15) is 22.8 Å². The second kappa shape index (κ2) is 9.89. The first-order valence-electron chi connectivity index (χ1n) is 12.3. The van der Waals surface area contributed by atoms with E-state index >= 15 is 0 Å². The maximum Gasteiger partial charge on any atom is 0.296 e. The lowest BCUT2D eigenvalue weighted by atomic mass is 10.2. The van der Waals surface area contributed by atoms with Crippen molar-refractivity contribution in [1.29, 1.82) is 0 Å². The monoisotopic (exact) mass is 524 g/mol. The number of ether oxygens (including phenoxy) is 1. The maximum atomic E-state index is 14.2. The molecule has 0 unspecified atom stereocenters. The normalized spacial score (nSPS) is 16.6. The molecule has 5 heterocycles. The predicted octanol–water partition coefficient (Wildman–Crippen LogP) is 2.73. The number of fused-ring (bicyclic) bond motifs is 1. The smallest absolute Gasteiger partial charge is 0.296 e. The number of imidazole rings is 1. The highest BCUT2D eigenvalue weighted by atomic mass is 19.3. The van der Waals surface area contributed by atoms with Gasteiger partial charge in [-0.25, -0.2) is 13.8 Å². The van der Waals surface area contributed by atoms with Crippen molar-refractivity contribution in [3.05, 3.63) is 54.2 Å². The molecule has 0 saturated carbocycles. The highest BCUT2D eigenvalue weighted by Crippen LogP contribution is 2.31. The standard InChI is InChI=1S/C25H26F2N8O3/c26-22(27)23-31-21-16(28)3-1-4-17(21)35(23)25-29-19(15-20(30-25)33-10-13-37-14-11-33)32-6-8-34(9-7-32)24(36)18-5-2-12-38-18/h1-5,12,15,22H,6-11,13-14,28H2. The van der Waals surface area contributed by atoms with Gasteiger partial charge in [-0.15, -0.1) is 0 Å². The summed E-state index contributed by atoms with van der Waals surface area (Å²) in [4.78, 5) is 32.1. The summed E-state index contributed by atoms with van der Waals surface area (Å²) in [5.41, 5.74) is 7.02. The molecule has 6 rings (SSSR count). The van der Waals surface area contributed by atoms with E-state index in [2.05, 4.69) is 4.98 Å². The molecule has 1 amide bonds. The fraction of sp³-hybridized carbons (Fsp3) is 0.360. The minimum Gasteiger partial charge on any atom is -0.459 e. The molecule has 0 atom stereocenters. The molecule has 13 heteroatoms. The number of nitrogens with two attached hydrogens (primary N) is 1. The summed E-state index contributed by atoms with van der Waals surface area (Å²) in [6.45, 7) is 4.22. The van der Waals surface area contributed by atoms with Crippen molar-refractivity contribution in [2.45, 2.75) is 6.43 Å². The number of alkyl halides is 2. The highest BCUT2D eigenvalue weighted by Gasteiger charge is 2.28. The topological polar surface area (TPSA) is 119 Å². The van der Waals surface area contributed by atoms with Crippen LogP contribution in [0.2, 0.25) is 0 Å². The zero-order chi connectivity index (χ0) is 26.2. The summed E-state index contributed by atoms with van der Waals surface area (Å²) in [6, 6.07) is 10.2. The molecular weight excluding hydrogens is 498 g/mol. The number of nitrogens with zero attached hydrogens (tertiary/aromatic N) is 7. The van der Waals surface area contributed by atoms with Gasteiger partial charge in [0.25, 0.3) is 12.3 Å². The molecule has 11 nitrogen and oxygen atoms in total. The molecule has 0 aliphatic carbocycles. The van der Waals surface area contributed by atoms with E-state index < -0.39 is 12.2 Å². The van der Waals surface area contributed by atoms with E-state index in [1.54, 1.807) is 35.2 Å². The summed E-state index contributed by atoms with van der Waals surface area (Å²) < 4.78 is 40.4. The molecule has 4 aromatic rings. The Morgan fingerprint density at radius 1 is 0.921 bits per heavy atom. The van der Waals surface area contributed by atoms with E-state index in [0.717, 1.165) is 0 Å². The van der Waals surface area contributed by atoms with Crippen molar-refractivity contribution >= 4 is 34.3 Å². The number of carbonyl (C=O) groups excluding carboxylic acids is 1. The van der Waals surface area contributed by atoms with Gasteiger partial charge in [0.15, 0.2) is 11.6 Å². The number of hydrogen-bond acceptors (Lipinski definition) is 9. The number of furan rings is 1. The first-order chi connectivity index (χ1) is 18.5. The second-order valence-corrected chi connectivity index (χ2v) is 9.06. The van der Waals surface area contributed by atoms with Gasteiger partial charge < -0.3 is 29.6 Å². The lowest BCUT2D eigenvalue weighted by Crippen LogP contribution is -2.49. The molecule has 2 fully saturated rings. The summed E-state index contributed by atoms with van der Waals surface area (Å²) in [6.07, 6.45) is -1.39. The molecule has 3 aromatic heterocycles. The van der Waals surface area contributed by atoms with Crippen molar-refractivity contribution in [2.24, 2.45) is 0 Å². The fourth-order valence-electron chi connectivity index (χ4n) is 4.82. The first-order valence-corrected chi connectivity index (χ1v) is 12.3. The van der Waals surface area contributed by atoms with Gasteiger partial charge in [-0.05, 0) is 24.3 Å². The molecule has 2 saturated heterocycles. The van der Waals surface area contributed by atoms with Crippen LogP contribution in [0.3, 0.4) is 0 Å². The average molecular weight is 525 g/mol. The maximum absolute atomic E-state index is 14.2. The van der Waals surface area contributed by atoms with Gasteiger partial charge in [-0.1, -0.05) is 6.07 Å². The quantitative estimate of drug-likeness (QED) is 0.393. The number of carbonyl (C=O) groups is 1. The SMILES string of the molecule is Nc1cccc2c1nc(C(F)F)n2-c1nc(N2CCOCC2)cc(N2CCN(C(=O)c3ccco3)CC2)n1. The Balaban J connectivity index is 1.38. The lowest BCUT2D eigenvalue weighted by Gasteiger charge is -2.36. The van der Waals surface area contributed by atoms with E-state index in [0.29, 0.717) is 81.1 Å². The fourth-order valence-corrected chi connectivity index (χ4v) is 4.82. The van der Waals surface area contributed by atoms with E-state index in [9.17, 15) is 13.6 Å². The number of amides is 1. The number of aromatic nitrogens is 4. The summed E-state index contributed by atoms with van der Waals surface area (Å²) >= 11 is 0. The second-order valence-electron chi connectivity index (χ2n) is 9.06. The number of morpholine rings is 1. The number of para-hydroxylation sites is 1. The Morgan fingerprint density at radius 2 is 1.63 bits per heavy atom.